The quantitative estimate of drug-likeness (QED) is 0.631. The summed E-state index contributed by atoms with van der Waals surface area (Å²) >= 11 is 0. The van der Waals surface area contributed by atoms with Crippen molar-refractivity contribution in [3.63, 3.8) is 0 Å². The van der Waals surface area contributed by atoms with E-state index in [1.807, 2.05) is 6.07 Å². The van der Waals surface area contributed by atoms with Crippen molar-refractivity contribution in [2.45, 2.75) is 12.8 Å². The summed E-state index contributed by atoms with van der Waals surface area (Å²) < 4.78 is 16.3. The molecule has 0 saturated heterocycles. The van der Waals surface area contributed by atoms with E-state index in [1.165, 1.54) is 4.90 Å². The SMILES string of the molecule is O=C1c2ccccc2C(=O)N1CCCc1nnc(-c2ccc3c(c2)OCO3)o1. The second kappa shape index (κ2) is 6.49. The van der Waals surface area contributed by atoms with E-state index in [2.05, 4.69) is 10.2 Å². The zero-order chi connectivity index (χ0) is 19.1. The highest BCUT2D eigenvalue weighted by Gasteiger charge is 2.34. The molecular formula is C20H15N3O5. The summed E-state index contributed by atoms with van der Waals surface area (Å²) in [6.45, 7) is 0.500. The standard InChI is InChI=1S/C20H15N3O5/c24-19-13-4-1-2-5-14(13)20(25)23(19)9-3-6-17-21-22-18(28-17)12-7-8-15-16(10-12)27-11-26-15/h1-2,4-5,7-8,10H,3,6,9,11H2. The Balaban J connectivity index is 1.23. The number of fused-ring (bicyclic) bond motifs is 2. The number of hydrogen-bond acceptors (Lipinski definition) is 7. The largest absolute Gasteiger partial charge is 0.454 e. The maximum atomic E-state index is 12.4. The van der Waals surface area contributed by atoms with Gasteiger partial charge in [-0.15, -0.1) is 10.2 Å². The Morgan fingerprint density at radius 2 is 1.68 bits per heavy atom. The van der Waals surface area contributed by atoms with Crippen LogP contribution in [0.3, 0.4) is 0 Å². The summed E-state index contributed by atoms with van der Waals surface area (Å²) in [4.78, 5) is 26.0. The summed E-state index contributed by atoms with van der Waals surface area (Å²) in [6.07, 6.45) is 0.999. The first-order chi connectivity index (χ1) is 13.7. The van der Waals surface area contributed by atoms with Gasteiger partial charge in [0.15, 0.2) is 11.5 Å². The highest BCUT2D eigenvalue weighted by molar-refractivity contribution is 6.21. The van der Waals surface area contributed by atoms with Crippen molar-refractivity contribution in [3.05, 3.63) is 59.5 Å². The van der Waals surface area contributed by atoms with Crippen LogP contribution in [0.2, 0.25) is 0 Å². The zero-order valence-corrected chi connectivity index (χ0v) is 14.8. The number of carbonyl (C=O) groups excluding carboxylic acids is 2. The van der Waals surface area contributed by atoms with E-state index in [-0.39, 0.29) is 18.6 Å². The fraction of sp³-hybridized carbons (Fsp3) is 0.200. The van der Waals surface area contributed by atoms with Gasteiger partial charge in [-0.25, -0.2) is 0 Å². The average molecular weight is 377 g/mol. The number of benzene rings is 2. The minimum atomic E-state index is -0.257. The van der Waals surface area contributed by atoms with Crippen LogP contribution >= 0.6 is 0 Å². The molecule has 2 amide bonds. The van der Waals surface area contributed by atoms with Gasteiger partial charge >= 0.3 is 0 Å². The van der Waals surface area contributed by atoms with E-state index in [0.717, 1.165) is 5.56 Å². The lowest BCUT2D eigenvalue weighted by atomic mass is 10.1. The molecule has 2 aromatic carbocycles. The number of imide groups is 1. The van der Waals surface area contributed by atoms with Gasteiger partial charge in [0.05, 0.1) is 11.1 Å². The molecule has 3 heterocycles. The highest BCUT2D eigenvalue weighted by Crippen LogP contribution is 2.35. The Labute approximate surface area is 159 Å². The van der Waals surface area contributed by atoms with E-state index < -0.39 is 0 Å². The number of nitrogens with zero attached hydrogens (tertiary/aromatic N) is 3. The van der Waals surface area contributed by atoms with Gasteiger partial charge in [0, 0.05) is 18.5 Å². The first-order valence-electron chi connectivity index (χ1n) is 8.88. The van der Waals surface area contributed by atoms with Gasteiger partial charge in [-0.1, -0.05) is 12.1 Å². The van der Waals surface area contributed by atoms with Crippen LogP contribution in [0.25, 0.3) is 11.5 Å². The third-order valence-corrected chi connectivity index (χ3v) is 4.74. The molecule has 140 valence electrons. The summed E-state index contributed by atoms with van der Waals surface area (Å²) in [7, 11) is 0. The summed E-state index contributed by atoms with van der Waals surface area (Å²) in [6, 6.07) is 12.3. The zero-order valence-electron chi connectivity index (χ0n) is 14.8. The van der Waals surface area contributed by atoms with Gasteiger partial charge in [-0.05, 0) is 36.8 Å². The molecule has 0 saturated carbocycles. The van der Waals surface area contributed by atoms with E-state index in [4.69, 9.17) is 13.9 Å². The fourth-order valence-corrected chi connectivity index (χ4v) is 3.33. The third kappa shape index (κ3) is 2.70. The highest BCUT2D eigenvalue weighted by atomic mass is 16.7. The minimum Gasteiger partial charge on any atom is -0.454 e. The average Bonchev–Trinajstić information content (AvgIpc) is 3.43. The van der Waals surface area contributed by atoms with Crippen LogP contribution in [0.5, 0.6) is 11.5 Å². The molecule has 8 heteroatoms. The number of amides is 2. The molecule has 0 aliphatic carbocycles. The lowest BCUT2D eigenvalue weighted by Gasteiger charge is -2.12. The molecule has 8 nitrogen and oxygen atoms in total. The van der Waals surface area contributed by atoms with Crippen LogP contribution in [0.15, 0.2) is 46.9 Å². The Morgan fingerprint density at radius 1 is 0.929 bits per heavy atom. The van der Waals surface area contributed by atoms with Gasteiger partial charge in [0.25, 0.3) is 11.8 Å². The molecule has 0 N–H and O–H groups in total. The van der Waals surface area contributed by atoms with E-state index in [9.17, 15) is 9.59 Å². The van der Waals surface area contributed by atoms with Crippen LogP contribution in [-0.2, 0) is 6.42 Å². The number of carbonyl (C=O) groups is 2. The Hall–Kier alpha value is -3.68. The van der Waals surface area contributed by atoms with Crippen molar-refractivity contribution in [3.8, 4) is 23.0 Å². The van der Waals surface area contributed by atoms with E-state index >= 15 is 0 Å². The Kier molecular flexibility index (Phi) is 3.82. The van der Waals surface area contributed by atoms with Gasteiger partial charge in [0.2, 0.25) is 18.6 Å². The number of rotatable bonds is 5. The number of ether oxygens (including phenoxy) is 2. The van der Waals surface area contributed by atoms with Gasteiger partial charge in [-0.2, -0.15) is 0 Å². The van der Waals surface area contributed by atoms with Crippen molar-refractivity contribution in [1.29, 1.82) is 0 Å². The minimum absolute atomic E-state index is 0.200. The predicted octanol–water partition coefficient (Wildman–Crippen LogP) is 2.69. The van der Waals surface area contributed by atoms with Gasteiger partial charge in [0.1, 0.15) is 0 Å². The summed E-state index contributed by atoms with van der Waals surface area (Å²) in [5, 5.41) is 8.11. The molecule has 1 aromatic heterocycles. The number of aryl methyl sites for hydroxylation is 1. The molecule has 28 heavy (non-hydrogen) atoms. The lowest BCUT2D eigenvalue weighted by molar-refractivity contribution is 0.0651. The van der Waals surface area contributed by atoms with Crippen LogP contribution in [0.4, 0.5) is 0 Å². The summed E-state index contributed by atoms with van der Waals surface area (Å²) in [5.41, 5.74) is 1.65. The molecule has 0 bridgehead atoms. The molecular weight excluding hydrogens is 362 g/mol. The molecule has 2 aliphatic heterocycles. The van der Waals surface area contributed by atoms with Crippen LogP contribution < -0.4 is 9.47 Å². The number of hydrogen-bond donors (Lipinski definition) is 0. The maximum Gasteiger partial charge on any atom is 0.261 e. The first kappa shape index (κ1) is 16.5. The summed E-state index contributed by atoms with van der Waals surface area (Å²) in [5.74, 6) is 1.64. The second-order valence-electron chi connectivity index (χ2n) is 6.48. The lowest BCUT2D eigenvalue weighted by Crippen LogP contribution is -2.30. The molecule has 0 unspecified atom stereocenters. The topological polar surface area (TPSA) is 94.8 Å². The van der Waals surface area contributed by atoms with Crippen molar-refractivity contribution < 1.29 is 23.5 Å². The second-order valence-corrected chi connectivity index (χ2v) is 6.48. The smallest absolute Gasteiger partial charge is 0.261 e. The molecule has 0 fully saturated rings. The van der Waals surface area contributed by atoms with Crippen molar-refractivity contribution in [2.75, 3.05) is 13.3 Å². The van der Waals surface area contributed by atoms with Gasteiger partial charge < -0.3 is 13.9 Å². The Bertz CT molecular complexity index is 1060. The third-order valence-electron chi connectivity index (χ3n) is 4.74. The van der Waals surface area contributed by atoms with Crippen molar-refractivity contribution >= 4 is 11.8 Å². The van der Waals surface area contributed by atoms with E-state index in [0.29, 0.717) is 53.8 Å². The molecule has 3 aromatic rings. The maximum absolute atomic E-state index is 12.4. The van der Waals surface area contributed by atoms with Gasteiger partial charge in [-0.3, -0.25) is 14.5 Å². The molecule has 5 rings (SSSR count). The normalized spacial score (nSPS) is 14.6. The van der Waals surface area contributed by atoms with Crippen molar-refractivity contribution in [2.24, 2.45) is 0 Å². The van der Waals surface area contributed by atoms with Crippen molar-refractivity contribution in [1.82, 2.24) is 15.1 Å². The Morgan fingerprint density at radius 3 is 2.46 bits per heavy atom. The predicted molar refractivity (Wildman–Crippen MR) is 96.0 cm³/mol. The fourth-order valence-electron chi connectivity index (χ4n) is 3.33. The monoisotopic (exact) mass is 377 g/mol. The van der Waals surface area contributed by atoms with E-state index in [1.54, 1.807) is 36.4 Å². The van der Waals surface area contributed by atoms with Crippen LogP contribution in [0, 0.1) is 0 Å². The first-order valence-corrected chi connectivity index (χ1v) is 8.88. The molecule has 0 atom stereocenters. The molecule has 0 radical (unpaired) electrons. The molecule has 0 spiro atoms. The van der Waals surface area contributed by atoms with Crippen LogP contribution in [-0.4, -0.2) is 40.2 Å². The molecule has 2 aliphatic rings. The van der Waals surface area contributed by atoms with Crippen LogP contribution in [0.1, 0.15) is 33.0 Å². The number of aromatic nitrogens is 2.